The van der Waals surface area contributed by atoms with Gasteiger partial charge in [-0.2, -0.15) is 0 Å². The van der Waals surface area contributed by atoms with Gasteiger partial charge in [-0.25, -0.2) is 14.4 Å². The van der Waals surface area contributed by atoms with Gasteiger partial charge in [0.05, 0.1) is 7.11 Å². The van der Waals surface area contributed by atoms with E-state index >= 15 is 0 Å². The number of carboxylic acid groups (broad SMARTS) is 1. The molecule has 0 aliphatic heterocycles. The summed E-state index contributed by atoms with van der Waals surface area (Å²) >= 11 is 0. The SMILES string of the molecule is CCCC(NC(=O)NC(C)C(=O)OC)C(=O)O. The summed E-state index contributed by atoms with van der Waals surface area (Å²) in [6.07, 6.45) is 0.958. The minimum atomic E-state index is -1.10. The molecule has 0 heterocycles. The molecule has 0 rings (SSSR count). The molecule has 0 spiro atoms. The maximum absolute atomic E-state index is 11.4. The van der Waals surface area contributed by atoms with Crippen LogP contribution in [-0.2, 0) is 14.3 Å². The Bertz CT molecular complexity index is 292. The van der Waals surface area contributed by atoms with Crippen LogP contribution in [0.1, 0.15) is 26.7 Å². The van der Waals surface area contributed by atoms with Crippen LogP contribution in [0.25, 0.3) is 0 Å². The number of esters is 1. The third-order valence-electron chi connectivity index (χ3n) is 2.08. The highest BCUT2D eigenvalue weighted by molar-refractivity contribution is 5.86. The molecule has 0 radical (unpaired) electrons. The number of carbonyl (C=O) groups is 3. The number of urea groups is 1. The Morgan fingerprint density at radius 2 is 1.88 bits per heavy atom. The van der Waals surface area contributed by atoms with Crippen LogP contribution >= 0.6 is 0 Å². The smallest absolute Gasteiger partial charge is 0.328 e. The summed E-state index contributed by atoms with van der Waals surface area (Å²) in [5.74, 6) is -1.70. The highest BCUT2D eigenvalue weighted by Crippen LogP contribution is 1.97. The Balaban J connectivity index is 4.23. The number of hydrogen-bond acceptors (Lipinski definition) is 4. The quantitative estimate of drug-likeness (QED) is 0.576. The summed E-state index contributed by atoms with van der Waals surface area (Å²) in [6.45, 7) is 3.26. The van der Waals surface area contributed by atoms with Crippen LogP contribution in [0.4, 0.5) is 4.79 Å². The molecule has 0 aromatic heterocycles. The molecular weight excluding hydrogens is 228 g/mol. The molecule has 2 amide bonds. The van der Waals surface area contributed by atoms with Crippen LogP contribution in [0.3, 0.4) is 0 Å². The van der Waals surface area contributed by atoms with E-state index in [0.717, 1.165) is 0 Å². The van der Waals surface area contributed by atoms with Gasteiger partial charge in [-0.15, -0.1) is 0 Å². The molecule has 17 heavy (non-hydrogen) atoms. The van der Waals surface area contributed by atoms with Gasteiger partial charge >= 0.3 is 18.0 Å². The Hall–Kier alpha value is -1.79. The Kier molecular flexibility index (Phi) is 6.69. The van der Waals surface area contributed by atoms with Gasteiger partial charge < -0.3 is 20.5 Å². The van der Waals surface area contributed by atoms with E-state index in [0.29, 0.717) is 12.8 Å². The fraction of sp³-hybridized carbons (Fsp3) is 0.700. The van der Waals surface area contributed by atoms with Crippen LogP contribution in [-0.4, -0.2) is 42.3 Å². The van der Waals surface area contributed by atoms with Crippen LogP contribution in [0, 0.1) is 0 Å². The van der Waals surface area contributed by atoms with Gasteiger partial charge in [0.25, 0.3) is 0 Å². The van der Waals surface area contributed by atoms with E-state index < -0.39 is 30.1 Å². The third-order valence-corrected chi connectivity index (χ3v) is 2.08. The molecule has 0 saturated carbocycles. The summed E-state index contributed by atoms with van der Waals surface area (Å²) < 4.78 is 4.42. The van der Waals surface area contributed by atoms with Crippen molar-refractivity contribution in [3.8, 4) is 0 Å². The molecule has 0 bridgehead atoms. The predicted molar refractivity (Wildman–Crippen MR) is 59.5 cm³/mol. The first-order chi connectivity index (χ1) is 7.92. The lowest BCUT2D eigenvalue weighted by molar-refractivity contribution is -0.142. The largest absolute Gasteiger partial charge is 0.480 e. The van der Waals surface area contributed by atoms with Gasteiger partial charge in [0, 0.05) is 0 Å². The molecule has 3 N–H and O–H groups in total. The lowest BCUT2D eigenvalue weighted by Gasteiger charge is -2.16. The van der Waals surface area contributed by atoms with Crippen LogP contribution in [0.2, 0.25) is 0 Å². The summed E-state index contributed by atoms with van der Waals surface area (Å²) in [4.78, 5) is 33.1. The number of rotatable bonds is 6. The van der Waals surface area contributed by atoms with Crippen molar-refractivity contribution in [2.24, 2.45) is 0 Å². The maximum atomic E-state index is 11.4. The lowest BCUT2D eigenvalue weighted by Crippen LogP contribution is -2.50. The zero-order valence-corrected chi connectivity index (χ0v) is 10.1. The van der Waals surface area contributed by atoms with Crippen molar-refractivity contribution in [1.29, 1.82) is 0 Å². The number of ether oxygens (including phenoxy) is 1. The summed E-state index contributed by atoms with van der Waals surface area (Å²) in [5.41, 5.74) is 0. The van der Waals surface area contributed by atoms with E-state index in [-0.39, 0.29) is 0 Å². The number of aliphatic carboxylic acids is 1. The summed E-state index contributed by atoms with van der Waals surface area (Å²) in [7, 11) is 1.20. The minimum absolute atomic E-state index is 0.329. The Morgan fingerprint density at radius 1 is 1.29 bits per heavy atom. The molecule has 0 aromatic carbocycles. The van der Waals surface area contributed by atoms with E-state index in [1.54, 1.807) is 0 Å². The van der Waals surface area contributed by atoms with E-state index in [2.05, 4.69) is 15.4 Å². The number of nitrogens with one attached hydrogen (secondary N) is 2. The first-order valence-corrected chi connectivity index (χ1v) is 5.30. The average Bonchev–Trinajstić information content (AvgIpc) is 2.26. The van der Waals surface area contributed by atoms with Gasteiger partial charge in [0.15, 0.2) is 0 Å². The number of methoxy groups -OCH3 is 1. The zero-order chi connectivity index (χ0) is 13.4. The molecular formula is C10H18N2O5. The highest BCUT2D eigenvalue weighted by atomic mass is 16.5. The van der Waals surface area contributed by atoms with E-state index in [1.807, 2.05) is 6.92 Å². The topological polar surface area (TPSA) is 105 Å². The van der Waals surface area contributed by atoms with Gasteiger partial charge in [0.2, 0.25) is 0 Å². The molecule has 2 atom stereocenters. The van der Waals surface area contributed by atoms with Gasteiger partial charge in [-0.1, -0.05) is 13.3 Å². The average molecular weight is 246 g/mol. The van der Waals surface area contributed by atoms with Crippen molar-refractivity contribution < 1.29 is 24.2 Å². The van der Waals surface area contributed by atoms with Crippen molar-refractivity contribution in [3.05, 3.63) is 0 Å². The van der Waals surface area contributed by atoms with Gasteiger partial charge in [-0.3, -0.25) is 0 Å². The number of hydrogen-bond donors (Lipinski definition) is 3. The van der Waals surface area contributed by atoms with Crippen molar-refractivity contribution in [1.82, 2.24) is 10.6 Å². The van der Waals surface area contributed by atoms with E-state index in [4.69, 9.17) is 5.11 Å². The maximum Gasteiger partial charge on any atom is 0.328 e. The standard InChI is InChI=1S/C10H18N2O5/c1-4-5-7(8(13)14)12-10(16)11-6(2)9(15)17-3/h6-7H,4-5H2,1-3H3,(H,13,14)(H2,11,12,16). The molecule has 0 aliphatic rings. The second-order valence-corrected chi connectivity index (χ2v) is 3.54. The first-order valence-electron chi connectivity index (χ1n) is 5.30. The van der Waals surface area contributed by atoms with Crippen molar-refractivity contribution in [2.75, 3.05) is 7.11 Å². The number of carboxylic acids is 1. The van der Waals surface area contributed by atoms with Crippen molar-refractivity contribution >= 4 is 18.0 Å². The molecule has 0 saturated heterocycles. The molecule has 7 heteroatoms. The molecule has 7 nitrogen and oxygen atoms in total. The van der Waals surface area contributed by atoms with Crippen LogP contribution in [0.5, 0.6) is 0 Å². The van der Waals surface area contributed by atoms with Crippen molar-refractivity contribution in [3.63, 3.8) is 0 Å². The van der Waals surface area contributed by atoms with Gasteiger partial charge in [0.1, 0.15) is 12.1 Å². The molecule has 0 aliphatic carbocycles. The van der Waals surface area contributed by atoms with E-state index in [9.17, 15) is 14.4 Å². The minimum Gasteiger partial charge on any atom is -0.480 e. The third kappa shape index (κ3) is 5.74. The highest BCUT2D eigenvalue weighted by Gasteiger charge is 2.21. The van der Waals surface area contributed by atoms with Gasteiger partial charge in [-0.05, 0) is 13.3 Å². The predicted octanol–water partition coefficient (Wildman–Crippen LogP) is 0.100. The van der Waals surface area contributed by atoms with Crippen LogP contribution in [0.15, 0.2) is 0 Å². The molecule has 0 fully saturated rings. The van der Waals surface area contributed by atoms with Crippen molar-refractivity contribution in [2.45, 2.75) is 38.8 Å². The fourth-order valence-electron chi connectivity index (χ4n) is 1.18. The fourth-order valence-corrected chi connectivity index (χ4v) is 1.18. The monoisotopic (exact) mass is 246 g/mol. The Morgan fingerprint density at radius 3 is 2.29 bits per heavy atom. The van der Waals surface area contributed by atoms with Crippen LogP contribution < -0.4 is 10.6 Å². The summed E-state index contributed by atoms with van der Waals surface area (Å²) in [6, 6.07) is -2.48. The normalized spacial score (nSPS) is 13.4. The second kappa shape index (κ2) is 7.48. The number of amides is 2. The Labute approximate surface area is 99.5 Å². The zero-order valence-electron chi connectivity index (χ0n) is 10.1. The van der Waals surface area contributed by atoms with E-state index in [1.165, 1.54) is 14.0 Å². The first kappa shape index (κ1) is 15.2. The molecule has 2 unspecified atom stereocenters. The number of carbonyl (C=O) groups excluding carboxylic acids is 2. The second-order valence-electron chi connectivity index (χ2n) is 3.54. The molecule has 0 aromatic rings. The summed E-state index contributed by atoms with van der Waals surface area (Å²) in [5, 5.41) is 13.4. The molecule has 98 valence electrons. The lowest BCUT2D eigenvalue weighted by atomic mass is 10.2.